The lowest BCUT2D eigenvalue weighted by Crippen LogP contribution is -2.22. The molecule has 0 aliphatic heterocycles. The molecule has 0 radical (unpaired) electrons. The van der Waals surface area contributed by atoms with Gasteiger partial charge in [0.1, 0.15) is 17.5 Å². The Balaban J connectivity index is 1.42. The molecule has 0 saturated heterocycles. The number of amides is 3. The van der Waals surface area contributed by atoms with E-state index in [-0.39, 0.29) is 11.1 Å². The Labute approximate surface area is 233 Å². The highest BCUT2D eigenvalue weighted by atomic mass is 19.1. The van der Waals surface area contributed by atoms with Gasteiger partial charge in [-0.2, -0.15) is 5.10 Å². The third kappa shape index (κ3) is 7.34. The van der Waals surface area contributed by atoms with Crippen LogP contribution in [0.4, 0.5) is 31.3 Å². The summed E-state index contributed by atoms with van der Waals surface area (Å²) >= 11 is 0. The SMILES string of the molecule is COC(=O)Nc1cc(CCc2ccc(NC(=O)Nc3cc(C(C)(C)C)nn3C3=CC=C(C)CC3)c(F)c2)ccn1. The average molecular weight is 547 g/mol. The number of halogens is 1. The number of allylic oxidation sites excluding steroid dienone is 4. The van der Waals surface area contributed by atoms with Crippen molar-refractivity contribution in [2.75, 3.05) is 23.1 Å². The maximum Gasteiger partial charge on any atom is 0.412 e. The van der Waals surface area contributed by atoms with E-state index in [2.05, 4.69) is 59.4 Å². The molecule has 2 aromatic heterocycles. The van der Waals surface area contributed by atoms with Crippen LogP contribution in [0.5, 0.6) is 0 Å². The molecule has 210 valence electrons. The van der Waals surface area contributed by atoms with E-state index in [9.17, 15) is 14.0 Å². The van der Waals surface area contributed by atoms with E-state index in [4.69, 9.17) is 5.10 Å². The van der Waals surface area contributed by atoms with Crippen molar-refractivity contribution in [3.63, 3.8) is 0 Å². The van der Waals surface area contributed by atoms with Gasteiger partial charge in [-0.1, -0.05) is 38.5 Å². The molecule has 0 atom stereocenters. The zero-order valence-corrected chi connectivity index (χ0v) is 23.5. The number of anilines is 3. The van der Waals surface area contributed by atoms with Gasteiger partial charge in [-0.05, 0) is 74.1 Å². The Morgan fingerprint density at radius 3 is 2.40 bits per heavy atom. The van der Waals surface area contributed by atoms with E-state index in [1.54, 1.807) is 29.1 Å². The Morgan fingerprint density at radius 2 is 1.75 bits per heavy atom. The molecule has 0 fully saturated rings. The van der Waals surface area contributed by atoms with Gasteiger partial charge in [-0.3, -0.25) is 10.6 Å². The topological polar surface area (TPSA) is 110 Å². The lowest BCUT2D eigenvalue weighted by molar-refractivity contribution is 0.187. The number of pyridine rings is 1. The van der Waals surface area contributed by atoms with E-state index < -0.39 is 17.9 Å². The number of rotatable bonds is 7. The fraction of sp³-hybridized carbons (Fsp3) is 0.333. The summed E-state index contributed by atoms with van der Waals surface area (Å²) in [6.45, 7) is 8.27. The van der Waals surface area contributed by atoms with Gasteiger partial charge in [0.05, 0.1) is 18.5 Å². The fourth-order valence-electron chi connectivity index (χ4n) is 4.19. The largest absolute Gasteiger partial charge is 0.453 e. The van der Waals surface area contributed by atoms with Crippen LogP contribution in [0.3, 0.4) is 0 Å². The quantitative estimate of drug-likeness (QED) is 0.298. The van der Waals surface area contributed by atoms with Crippen LogP contribution in [0.2, 0.25) is 0 Å². The van der Waals surface area contributed by atoms with Crippen molar-refractivity contribution in [2.24, 2.45) is 0 Å². The smallest absolute Gasteiger partial charge is 0.412 e. The molecule has 2 heterocycles. The Hall–Kier alpha value is -4.47. The number of urea groups is 1. The zero-order valence-electron chi connectivity index (χ0n) is 23.5. The van der Waals surface area contributed by atoms with Gasteiger partial charge in [0, 0.05) is 23.4 Å². The lowest BCUT2D eigenvalue weighted by Gasteiger charge is -2.16. The van der Waals surface area contributed by atoms with E-state index in [1.165, 1.54) is 18.7 Å². The van der Waals surface area contributed by atoms with E-state index in [0.29, 0.717) is 24.5 Å². The van der Waals surface area contributed by atoms with Crippen molar-refractivity contribution >= 4 is 35.1 Å². The van der Waals surface area contributed by atoms with Gasteiger partial charge in [-0.25, -0.2) is 23.6 Å². The number of methoxy groups -OCH3 is 1. The maximum atomic E-state index is 14.9. The normalized spacial score (nSPS) is 13.2. The first kappa shape index (κ1) is 28.5. The predicted octanol–water partition coefficient (Wildman–Crippen LogP) is 6.90. The van der Waals surface area contributed by atoms with E-state index in [1.807, 2.05) is 18.2 Å². The summed E-state index contributed by atoms with van der Waals surface area (Å²) in [5, 5.41) is 12.8. The summed E-state index contributed by atoms with van der Waals surface area (Å²) in [7, 11) is 1.28. The fourth-order valence-corrected chi connectivity index (χ4v) is 4.19. The first-order chi connectivity index (χ1) is 19.0. The second-order valence-electron chi connectivity index (χ2n) is 10.8. The molecule has 9 nitrogen and oxygen atoms in total. The van der Waals surface area contributed by atoms with Gasteiger partial charge in [0.25, 0.3) is 0 Å². The molecule has 0 saturated carbocycles. The number of carbonyl (C=O) groups is 2. The first-order valence-electron chi connectivity index (χ1n) is 13.2. The van der Waals surface area contributed by atoms with Crippen molar-refractivity contribution in [1.29, 1.82) is 0 Å². The van der Waals surface area contributed by atoms with Crippen molar-refractivity contribution in [3.05, 3.63) is 83.0 Å². The van der Waals surface area contributed by atoms with Crippen molar-refractivity contribution < 1.29 is 18.7 Å². The molecule has 3 aromatic rings. The molecule has 40 heavy (non-hydrogen) atoms. The monoisotopic (exact) mass is 546 g/mol. The second-order valence-corrected chi connectivity index (χ2v) is 10.8. The molecule has 3 N–H and O–H groups in total. The molecule has 1 aliphatic carbocycles. The minimum Gasteiger partial charge on any atom is -0.453 e. The number of carbonyl (C=O) groups excluding carboxylic acids is 2. The summed E-state index contributed by atoms with van der Waals surface area (Å²) < 4.78 is 21.3. The molecule has 0 unspecified atom stereocenters. The molecule has 0 spiro atoms. The number of nitrogens with zero attached hydrogens (tertiary/aromatic N) is 3. The molecule has 0 bridgehead atoms. The average Bonchev–Trinajstić information content (AvgIpc) is 3.33. The molecule has 3 amide bonds. The van der Waals surface area contributed by atoms with Gasteiger partial charge in [0.2, 0.25) is 0 Å². The molecule has 1 aliphatic rings. The molecule has 1 aromatic carbocycles. The van der Waals surface area contributed by atoms with Gasteiger partial charge < -0.3 is 10.1 Å². The van der Waals surface area contributed by atoms with E-state index >= 15 is 0 Å². The molecule has 10 heteroatoms. The lowest BCUT2D eigenvalue weighted by atomic mass is 9.92. The Bertz CT molecular complexity index is 1470. The molecular formula is C30H35FN6O3. The van der Waals surface area contributed by atoms with Crippen LogP contribution in [-0.4, -0.2) is 34.0 Å². The third-order valence-electron chi connectivity index (χ3n) is 6.55. The van der Waals surface area contributed by atoms with Crippen LogP contribution in [0.25, 0.3) is 5.70 Å². The van der Waals surface area contributed by atoms with Crippen LogP contribution in [-0.2, 0) is 23.0 Å². The molecular weight excluding hydrogens is 511 g/mol. The summed E-state index contributed by atoms with van der Waals surface area (Å²) in [6.07, 6.45) is 7.96. The minimum atomic E-state index is -0.601. The van der Waals surface area contributed by atoms with Crippen molar-refractivity contribution in [2.45, 2.75) is 58.8 Å². The molecule has 4 rings (SSSR count). The van der Waals surface area contributed by atoms with Crippen molar-refractivity contribution in [1.82, 2.24) is 14.8 Å². The summed E-state index contributed by atoms with van der Waals surface area (Å²) in [4.78, 5) is 28.4. The highest BCUT2D eigenvalue weighted by Crippen LogP contribution is 2.30. The van der Waals surface area contributed by atoms with Gasteiger partial charge in [0.15, 0.2) is 0 Å². The number of benzene rings is 1. The van der Waals surface area contributed by atoms with Gasteiger partial charge in [-0.15, -0.1) is 0 Å². The zero-order chi connectivity index (χ0) is 28.9. The highest BCUT2D eigenvalue weighted by molar-refractivity contribution is 5.99. The Morgan fingerprint density at radius 1 is 1.00 bits per heavy atom. The third-order valence-corrected chi connectivity index (χ3v) is 6.55. The highest BCUT2D eigenvalue weighted by Gasteiger charge is 2.23. The summed E-state index contributed by atoms with van der Waals surface area (Å²) in [5.41, 5.74) is 4.67. The number of nitrogens with one attached hydrogen (secondary N) is 3. The van der Waals surface area contributed by atoms with Crippen LogP contribution < -0.4 is 16.0 Å². The van der Waals surface area contributed by atoms with E-state index in [0.717, 1.165) is 35.4 Å². The number of aryl methyl sites for hydroxylation is 2. The standard InChI is InChI=1S/C30H35FN6O3/c1-19-6-11-22(12-7-19)37-27(18-25(36-37)30(2,3)4)35-28(38)33-24-13-10-20(16-23(24)31)8-9-21-14-15-32-26(17-21)34-29(39)40-5/h6,10-11,13-18H,7-9,12H2,1-5H3,(H,32,34,39)(H2,33,35,38). The van der Waals surface area contributed by atoms with Crippen LogP contribution in [0.1, 0.15) is 57.4 Å². The van der Waals surface area contributed by atoms with Crippen LogP contribution in [0.15, 0.2) is 60.3 Å². The van der Waals surface area contributed by atoms with Crippen molar-refractivity contribution in [3.8, 4) is 0 Å². The summed E-state index contributed by atoms with van der Waals surface area (Å²) in [6, 6.07) is 9.61. The summed E-state index contributed by atoms with van der Waals surface area (Å²) in [5.74, 6) is 0.371. The first-order valence-corrected chi connectivity index (χ1v) is 13.2. The second kappa shape index (κ2) is 12.1. The number of hydrogen-bond acceptors (Lipinski definition) is 5. The number of aromatic nitrogens is 3. The van der Waals surface area contributed by atoms with Crippen LogP contribution >= 0.6 is 0 Å². The minimum absolute atomic E-state index is 0.0762. The van der Waals surface area contributed by atoms with Gasteiger partial charge >= 0.3 is 12.1 Å². The number of hydrogen-bond donors (Lipinski definition) is 3. The van der Waals surface area contributed by atoms with Crippen LogP contribution in [0, 0.1) is 5.82 Å². The maximum absolute atomic E-state index is 14.9. The Kier molecular flexibility index (Phi) is 8.67. The number of ether oxygens (including phenoxy) is 1. The predicted molar refractivity (Wildman–Crippen MR) is 155 cm³/mol.